The third kappa shape index (κ3) is 4.50. The molecule has 0 aliphatic rings. The van der Waals surface area contributed by atoms with E-state index in [9.17, 15) is 19.5 Å². The molecule has 168 valence electrons. The molecule has 2 heterocycles. The molecule has 32 heavy (non-hydrogen) atoms. The Hall–Kier alpha value is -3.66. The van der Waals surface area contributed by atoms with Crippen molar-refractivity contribution in [3.05, 3.63) is 51.5 Å². The molecule has 2 aromatic heterocycles. The second-order valence-corrected chi connectivity index (χ2v) is 7.81. The number of phenolic OH excluding ortho intramolecular Hbond substituents is 1. The van der Waals surface area contributed by atoms with Crippen molar-refractivity contribution in [1.29, 1.82) is 0 Å². The number of carbonyl (C=O) groups is 3. The molecule has 3 aromatic rings. The summed E-state index contributed by atoms with van der Waals surface area (Å²) < 4.78 is 10.1. The molecule has 0 unspecified atom stereocenters. The Bertz CT molecular complexity index is 1180. The summed E-state index contributed by atoms with van der Waals surface area (Å²) in [4.78, 5) is 37.8. The maximum absolute atomic E-state index is 12.9. The van der Waals surface area contributed by atoms with Crippen LogP contribution in [0.1, 0.15) is 55.5 Å². The van der Waals surface area contributed by atoms with Crippen LogP contribution in [0.2, 0.25) is 0 Å². The molecule has 1 aromatic carbocycles. The lowest BCUT2D eigenvalue weighted by molar-refractivity contribution is 0.0527. The van der Waals surface area contributed by atoms with Gasteiger partial charge < -0.3 is 19.9 Å². The van der Waals surface area contributed by atoms with Crippen LogP contribution < -0.4 is 5.32 Å². The van der Waals surface area contributed by atoms with Gasteiger partial charge in [0.25, 0.3) is 5.91 Å². The van der Waals surface area contributed by atoms with Gasteiger partial charge in [-0.3, -0.25) is 9.89 Å². The molecule has 3 rings (SSSR count). The summed E-state index contributed by atoms with van der Waals surface area (Å²) in [5.41, 5.74) is 2.12. The van der Waals surface area contributed by atoms with Gasteiger partial charge >= 0.3 is 11.9 Å². The normalized spacial score (nSPS) is 10.6. The van der Waals surface area contributed by atoms with E-state index in [2.05, 4.69) is 15.5 Å². The number of aromatic nitrogens is 2. The van der Waals surface area contributed by atoms with E-state index in [1.54, 1.807) is 45.9 Å². The highest BCUT2D eigenvalue weighted by Crippen LogP contribution is 2.35. The third-order valence-electron chi connectivity index (χ3n) is 4.65. The van der Waals surface area contributed by atoms with Crippen molar-refractivity contribution in [2.45, 2.75) is 27.7 Å². The highest BCUT2D eigenvalue weighted by Gasteiger charge is 2.28. The number of hydrogen-bond acceptors (Lipinski definition) is 8. The zero-order valence-corrected chi connectivity index (χ0v) is 18.9. The van der Waals surface area contributed by atoms with Crippen LogP contribution in [-0.2, 0) is 9.47 Å². The van der Waals surface area contributed by atoms with E-state index >= 15 is 0 Å². The Labute approximate surface area is 188 Å². The number of nitrogens with zero attached hydrogens (tertiary/aromatic N) is 1. The third-order valence-corrected chi connectivity index (χ3v) is 5.84. The molecule has 0 spiro atoms. The van der Waals surface area contributed by atoms with Gasteiger partial charge in [0, 0.05) is 5.56 Å². The van der Waals surface area contributed by atoms with Gasteiger partial charge in [0.2, 0.25) is 0 Å². The predicted molar refractivity (Wildman–Crippen MR) is 119 cm³/mol. The standard InChI is InChI=1S/C22H23N3O6S/c1-5-30-21(28)16-12(4)18(22(29)31-6-2)32-20(16)23-19(27)15-10-14(24-25-15)13-9-7-8-11(3)17(13)26/h7-10,26H,5-6H2,1-4H3,(H,23,27)(H,24,25). The lowest BCUT2D eigenvalue weighted by Gasteiger charge is -2.06. The van der Waals surface area contributed by atoms with Gasteiger partial charge in [0.1, 0.15) is 21.3 Å². The van der Waals surface area contributed by atoms with Crippen molar-refractivity contribution >= 4 is 34.2 Å². The van der Waals surface area contributed by atoms with E-state index in [-0.39, 0.29) is 40.1 Å². The summed E-state index contributed by atoms with van der Waals surface area (Å²) in [5, 5.41) is 19.8. The molecule has 0 saturated heterocycles. The molecule has 0 atom stereocenters. The largest absolute Gasteiger partial charge is 0.507 e. The van der Waals surface area contributed by atoms with Crippen molar-refractivity contribution in [3.8, 4) is 17.0 Å². The second kappa shape index (κ2) is 9.65. The first kappa shape index (κ1) is 23.0. The number of rotatable bonds is 7. The van der Waals surface area contributed by atoms with Gasteiger partial charge in [0.05, 0.1) is 24.5 Å². The molecular weight excluding hydrogens is 434 g/mol. The first-order chi connectivity index (χ1) is 15.3. The number of ether oxygens (including phenoxy) is 2. The van der Waals surface area contributed by atoms with Crippen LogP contribution in [0.4, 0.5) is 5.00 Å². The quantitative estimate of drug-likeness (QED) is 0.456. The summed E-state index contributed by atoms with van der Waals surface area (Å²) in [6.07, 6.45) is 0. The van der Waals surface area contributed by atoms with Crippen LogP contribution in [0.25, 0.3) is 11.3 Å². The molecule has 3 N–H and O–H groups in total. The SMILES string of the molecule is CCOC(=O)c1sc(NC(=O)c2cc(-c3cccc(C)c3O)n[nH]2)c(C(=O)OCC)c1C. The van der Waals surface area contributed by atoms with Crippen molar-refractivity contribution in [3.63, 3.8) is 0 Å². The number of nitrogens with one attached hydrogen (secondary N) is 2. The minimum Gasteiger partial charge on any atom is -0.507 e. The minimum absolute atomic E-state index is 0.0727. The fraction of sp³-hybridized carbons (Fsp3) is 0.273. The molecule has 1 amide bonds. The van der Waals surface area contributed by atoms with Crippen molar-refractivity contribution in [1.82, 2.24) is 10.2 Å². The highest BCUT2D eigenvalue weighted by atomic mass is 32.1. The number of para-hydroxylation sites is 1. The first-order valence-electron chi connectivity index (χ1n) is 9.91. The molecule has 0 aliphatic heterocycles. The van der Waals surface area contributed by atoms with Gasteiger partial charge in [0.15, 0.2) is 0 Å². The first-order valence-corrected chi connectivity index (χ1v) is 10.7. The van der Waals surface area contributed by atoms with Crippen molar-refractivity contribution in [2.24, 2.45) is 0 Å². The molecule has 0 fully saturated rings. The predicted octanol–water partition coefficient (Wildman–Crippen LogP) is 4.07. The Morgan fingerprint density at radius 3 is 2.50 bits per heavy atom. The molecule has 0 bridgehead atoms. The number of phenols is 1. The monoisotopic (exact) mass is 457 g/mol. The molecule has 0 aliphatic carbocycles. The van der Waals surface area contributed by atoms with Crippen LogP contribution >= 0.6 is 11.3 Å². The molecule has 0 saturated carbocycles. The summed E-state index contributed by atoms with van der Waals surface area (Å²) in [6, 6.07) is 6.71. The Morgan fingerprint density at radius 2 is 1.81 bits per heavy atom. The number of anilines is 1. The molecule has 9 nitrogen and oxygen atoms in total. The topological polar surface area (TPSA) is 131 Å². The number of thiophene rings is 1. The summed E-state index contributed by atoms with van der Waals surface area (Å²) in [6.45, 7) is 7.01. The van der Waals surface area contributed by atoms with E-state index < -0.39 is 17.8 Å². The average Bonchev–Trinajstić information content (AvgIpc) is 3.35. The smallest absolute Gasteiger partial charge is 0.348 e. The maximum Gasteiger partial charge on any atom is 0.348 e. The molecule has 10 heteroatoms. The fourth-order valence-corrected chi connectivity index (χ4v) is 4.14. The molecule has 0 radical (unpaired) electrons. The van der Waals surface area contributed by atoms with E-state index in [1.807, 2.05) is 0 Å². The number of esters is 2. The zero-order chi connectivity index (χ0) is 23.4. The van der Waals surface area contributed by atoms with Crippen molar-refractivity contribution in [2.75, 3.05) is 18.5 Å². The van der Waals surface area contributed by atoms with Gasteiger partial charge in [-0.15, -0.1) is 11.3 Å². The van der Waals surface area contributed by atoms with E-state index in [0.717, 1.165) is 11.3 Å². The van der Waals surface area contributed by atoms with Crippen molar-refractivity contribution < 1.29 is 29.0 Å². The lowest BCUT2D eigenvalue weighted by Crippen LogP contribution is -2.15. The number of amides is 1. The number of hydrogen-bond donors (Lipinski definition) is 3. The molecular formula is C22H23N3O6S. The van der Waals surface area contributed by atoms with Crippen LogP contribution in [0.15, 0.2) is 24.3 Å². The number of aryl methyl sites for hydroxylation is 1. The lowest BCUT2D eigenvalue weighted by atomic mass is 10.1. The van der Waals surface area contributed by atoms with Gasteiger partial charge in [-0.25, -0.2) is 9.59 Å². The van der Waals surface area contributed by atoms with Crippen LogP contribution in [0, 0.1) is 13.8 Å². The van der Waals surface area contributed by atoms with E-state index in [4.69, 9.17) is 9.47 Å². The zero-order valence-electron chi connectivity index (χ0n) is 18.1. The second-order valence-electron chi connectivity index (χ2n) is 6.79. The highest BCUT2D eigenvalue weighted by molar-refractivity contribution is 7.18. The van der Waals surface area contributed by atoms with Gasteiger partial charge in [-0.1, -0.05) is 12.1 Å². The number of benzene rings is 1. The number of carbonyl (C=O) groups excluding carboxylic acids is 3. The Balaban J connectivity index is 1.93. The summed E-state index contributed by atoms with van der Waals surface area (Å²) in [5.74, 6) is -1.73. The fourth-order valence-electron chi connectivity index (χ4n) is 3.05. The summed E-state index contributed by atoms with van der Waals surface area (Å²) >= 11 is 0.937. The average molecular weight is 458 g/mol. The number of H-pyrrole nitrogens is 1. The summed E-state index contributed by atoms with van der Waals surface area (Å²) in [7, 11) is 0. The van der Waals surface area contributed by atoms with E-state index in [0.29, 0.717) is 22.4 Å². The van der Waals surface area contributed by atoms with Gasteiger partial charge in [-0.2, -0.15) is 5.10 Å². The Morgan fingerprint density at radius 1 is 1.12 bits per heavy atom. The van der Waals surface area contributed by atoms with E-state index in [1.165, 1.54) is 6.07 Å². The van der Waals surface area contributed by atoms with Crippen LogP contribution in [-0.4, -0.2) is 46.4 Å². The maximum atomic E-state index is 12.9. The van der Waals surface area contributed by atoms with Crippen LogP contribution in [0.5, 0.6) is 5.75 Å². The van der Waals surface area contributed by atoms with Gasteiger partial charge in [-0.05, 0) is 51.0 Å². The number of aromatic amines is 1. The number of aromatic hydroxyl groups is 1. The minimum atomic E-state index is -0.651. The van der Waals surface area contributed by atoms with Crippen LogP contribution in [0.3, 0.4) is 0 Å². The Kier molecular flexibility index (Phi) is 6.94.